The molecule has 2 atom stereocenters. The molecule has 1 aliphatic carbocycles. The zero-order valence-electron chi connectivity index (χ0n) is 9.61. The smallest absolute Gasteiger partial charge is 0.0363 e. The van der Waals surface area contributed by atoms with Gasteiger partial charge in [0.05, 0.1) is 0 Å². The van der Waals surface area contributed by atoms with E-state index in [1.54, 1.807) is 0 Å². The van der Waals surface area contributed by atoms with Gasteiger partial charge in [0.2, 0.25) is 0 Å². The lowest BCUT2D eigenvalue weighted by molar-refractivity contribution is 0.725. The summed E-state index contributed by atoms with van der Waals surface area (Å²) >= 11 is 0. The molecular weight excluding hydrogens is 184 g/mol. The molecule has 82 valence electrons. The molecule has 1 aromatic rings. The van der Waals surface area contributed by atoms with E-state index in [-0.39, 0.29) is 0 Å². The molecule has 0 saturated heterocycles. The van der Waals surface area contributed by atoms with E-state index in [4.69, 9.17) is 5.73 Å². The molecule has 0 heterocycles. The number of nitrogens with zero attached hydrogens (tertiary/aromatic N) is 1. The third-order valence-corrected chi connectivity index (χ3v) is 3.40. The van der Waals surface area contributed by atoms with E-state index in [9.17, 15) is 0 Å². The van der Waals surface area contributed by atoms with Crippen molar-refractivity contribution < 1.29 is 0 Å². The van der Waals surface area contributed by atoms with Crippen LogP contribution in [0.2, 0.25) is 0 Å². The largest absolute Gasteiger partial charge is 0.374 e. The Hall–Kier alpha value is -1.02. The predicted molar refractivity (Wildman–Crippen MR) is 64.9 cm³/mol. The Morgan fingerprint density at radius 3 is 2.40 bits per heavy atom. The van der Waals surface area contributed by atoms with Crippen LogP contribution in [-0.4, -0.2) is 13.6 Å². The van der Waals surface area contributed by atoms with Crippen molar-refractivity contribution in [2.24, 2.45) is 17.6 Å². The number of hydrogen-bond acceptors (Lipinski definition) is 2. The first-order chi connectivity index (χ1) is 7.20. The summed E-state index contributed by atoms with van der Waals surface area (Å²) in [5.41, 5.74) is 8.07. The molecule has 0 bridgehead atoms. The monoisotopic (exact) mass is 204 g/mol. The first-order valence-electron chi connectivity index (χ1n) is 5.71. The molecule has 0 radical (unpaired) electrons. The SMILES string of the molecule is CC1CC1CN(C)c1ccc(CN)cc1. The van der Waals surface area contributed by atoms with Gasteiger partial charge in [-0.3, -0.25) is 0 Å². The summed E-state index contributed by atoms with van der Waals surface area (Å²) in [5, 5.41) is 0. The third-order valence-electron chi connectivity index (χ3n) is 3.40. The Morgan fingerprint density at radius 1 is 1.33 bits per heavy atom. The Bertz CT molecular complexity index is 318. The average Bonchev–Trinajstić information content (AvgIpc) is 2.94. The summed E-state index contributed by atoms with van der Waals surface area (Å²) < 4.78 is 0. The molecule has 1 aromatic carbocycles. The van der Waals surface area contributed by atoms with Crippen LogP contribution in [0.15, 0.2) is 24.3 Å². The molecule has 2 rings (SSSR count). The van der Waals surface area contributed by atoms with E-state index < -0.39 is 0 Å². The molecule has 2 nitrogen and oxygen atoms in total. The van der Waals surface area contributed by atoms with Crippen molar-refractivity contribution in [1.82, 2.24) is 0 Å². The van der Waals surface area contributed by atoms with Crippen molar-refractivity contribution >= 4 is 5.69 Å². The van der Waals surface area contributed by atoms with Crippen molar-refractivity contribution in [3.63, 3.8) is 0 Å². The number of hydrogen-bond donors (Lipinski definition) is 1. The Labute approximate surface area is 92.1 Å². The lowest BCUT2D eigenvalue weighted by Crippen LogP contribution is -2.20. The van der Waals surface area contributed by atoms with Crippen LogP contribution in [0.4, 0.5) is 5.69 Å². The minimum absolute atomic E-state index is 0.629. The highest BCUT2D eigenvalue weighted by molar-refractivity contribution is 5.47. The Kier molecular flexibility index (Phi) is 2.96. The van der Waals surface area contributed by atoms with Crippen LogP contribution in [-0.2, 0) is 6.54 Å². The van der Waals surface area contributed by atoms with Crippen molar-refractivity contribution in [2.45, 2.75) is 19.9 Å². The van der Waals surface area contributed by atoms with Crippen LogP contribution in [0.3, 0.4) is 0 Å². The van der Waals surface area contributed by atoms with Crippen LogP contribution < -0.4 is 10.6 Å². The van der Waals surface area contributed by atoms with Gasteiger partial charge >= 0.3 is 0 Å². The molecule has 0 aromatic heterocycles. The maximum atomic E-state index is 5.57. The number of anilines is 1. The fraction of sp³-hybridized carbons (Fsp3) is 0.538. The molecule has 1 saturated carbocycles. The highest BCUT2D eigenvalue weighted by Crippen LogP contribution is 2.38. The fourth-order valence-corrected chi connectivity index (χ4v) is 2.00. The first kappa shape index (κ1) is 10.5. The minimum Gasteiger partial charge on any atom is -0.374 e. The molecule has 2 heteroatoms. The van der Waals surface area contributed by atoms with E-state index in [2.05, 4.69) is 43.1 Å². The Balaban J connectivity index is 1.95. The molecule has 15 heavy (non-hydrogen) atoms. The highest BCUT2D eigenvalue weighted by atomic mass is 15.1. The first-order valence-corrected chi connectivity index (χ1v) is 5.71. The maximum absolute atomic E-state index is 5.57. The summed E-state index contributed by atoms with van der Waals surface area (Å²) in [7, 11) is 2.17. The molecule has 2 N–H and O–H groups in total. The topological polar surface area (TPSA) is 29.3 Å². The minimum atomic E-state index is 0.629. The zero-order chi connectivity index (χ0) is 10.8. The molecule has 0 amide bonds. The third kappa shape index (κ3) is 2.51. The quantitative estimate of drug-likeness (QED) is 0.815. The van der Waals surface area contributed by atoms with Crippen LogP contribution in [0, 0.1) is 11.8 Å². The fourth-order valence-electron chi connectivity index (χ4n) is 2.00. The predicted octanol–water partition coefficient (Wildman–Crippen LogP) is 2.24. The number of nitrogens with two attached hydrogens (primary N) is 1. The van der Waals surface area contributed by atoms with E-state index in [0.717, 1.165) is 11.8 Å². The van der Waals surface area contributed by atoms with Crippen LogP contribution in [0.1, 0.15) is 18.9 Å². The van der Waals surface area contributed by atoms with Gasteiger partial charge in [0.25, 0.3) is 0 Å². The average molecular weight is 204 g/mol. The van der Waals surface area contributed by atoms with Gasteiger partial charge in [-0.2, -0.15) is 0 Å². The Morgan fingerprint density at radius 2 is 1.93 bits per heavy atom. The van der Waals surface area contributed by atoms with Gasteiger partial charge in [-0.25, -0.2) is 0 Å². The maximum Gasteiger partial charge on any atom is 0.0363 e. The molecule has 1 aliphatic rings. The number of rotatable bonds is 4. The second-order valence-corrected chi connectivity index (χ2v) is 4.72. The van der Waals surface area contributed by atoms with Crippen molar-refractivity contribution in [2.75, 3.05) is 18.5 Å². The van der Waals surface area contributed by atoms with E-state index in [1.807, 2.05) is 0 Å². The van der Waals surface area contributed by atoms with Gasteiger partial charge in [-0.1, -0.05) is 19.1 Å². The van der Waals surface area contributed by atoms with Gasteiger partial charge in [0.15, 0.2) is 0 Å². The van der Waals surface area contributed by atoms with E-state index >= 15 is 0 Å². The highest BCUT2D eigenvalue weighted by Gasteiger charge is 2.33. The molecule has 1 fully saturated rings. The summed E-state index contributed by atoms with van der Waals surface area (Å²) in [4.78, 5) is 2.34. The molecule has 0 aliphatic heterocycles. The van der Waals surface area contributed by atoms with Crippen molar-refractivity contribution in [3.05, 3.63) is 29.8 Å². The normalized spacial score (nSPS) is 23.9. The van der Waals surface area contributed by atoms with Gasteiger partial charge < -0.3 is 10.6 Å². The van der Waals surface area contributed by atoms with Crippen LogP contribution in [0.25, 0.3) is 0 Å². The summed E-state index contributed by atoms with van der Waals surface area (Å²) in [6, 6.07) is 8.55. The van der Waals surface area contributed by atoms with Gasteiger partial charge in [-0.15, -0.1) is 0 Å². The summed E-state index contributed by atoms with van der Waals surface area (Å²) in [5.74, 6) is 1.83. The summed E-state index contributed by atoms with van der Waals surface area (Å²) in [6.45, 7) is 4.14. The molecule has 2 unspecified atom stereocenters. The second kappa shape index (κ2) is 4.23. The van der Waals surface area contributed by atoms with Crippen molar-refractivity contribution in [1.29, 1.82) is 0 Å². The van der Waals surface area contributed by atoms with Gasteiger partial charge in [0, 0.05) is 25.8 Å². The lowest BCUT2D eigenvalue weighted by Gasteiger charge is -2.19. The second-order valence-electron chi connectivity index (χ2n) is 4.72. The van der Waals surface area contributed by atoms with Gasteiger partial charge in [-0.05, 0) is 36.0 Å². The molecular formula is C13H20N2. The van der Waals surface area contributed by atoms with E-state index in [1.165, 1.54) is 24.2 Å². The standard InChI is InChI=1S/C13H20N2/c1-10-7-12(10)9-15(2)13-5-3-11(8-14)4-6-13/h3-6,10,12H,7-9,14H2,1-2H3. The molecule has 0 spiro atoms. The van der Waals surface area contributed by atoms with Crippen LogP contribution in [0.5, 0.6) is 0 Å². The van der Waals surface area contributed by atoms with Gasteiger partial charge in [0.1, 0.15) is 0 Å². The number of benzene rings is 1. The van der Waals surface area contributed by atoms with Crippen LogP contribution >= 0.6 is 0 Å². The zero-order valence-corrected chi connectivity index (χ0v) is 9.61. The lowest BCUT2D eigenvalue weighted by atomic mass is 10.2. The van der Waals surface area contributed by atoms with Crippen molar-refractivity contribution in [3.8, 4) is 0 Å². The van der Waals surface area contributed by atoms with E-state index in [0.29, 0.717) is 6.54 Å². The summed E-state index contributed by atoms with van der Waals surface area (Å²) in [6.07, 6.45) is 1.39.